The first-order valence-electron chi connectivity index (χ1n) is 5.48. The summed E-state index contributed by atoms with van der Waals surface area (Å²) in [6.07, 6.45) is 3.90. The molecule has 0 aliphatic heterocycles. The molecule has 0 aromatic carbocycles. The van der Waals surface area contributed by atoms with E-state index in [2.05, 4.69) is 9.44 Å². The van der Waals surface area contributed by atoms with Crippen LogP contribution in [-0.2, 0) is 15.0 Å². The molecule has 0 bridgehead atoms. The van der Waals surface area contributed by atoms with Crippen molar-refractivity contribution in [3.05, 3.63) is 0 Å². The third-order valence-corrected chi connectivity index (χ3v) is 4.40. The largest absolute Gasteiger partial charge is 0.480 e. The zero-order chi connectivity index (χ0) is 11.8. The Morgan fingerprint density at radius 2 is 1.81 bits per heavy atom. The molecule has 0 saturated heterocycles. The van der Waals surface area contributed by atoms with Crippen LogP contribution < -0.4 is 9.44 Å². The average Bonchev–Trinajstić information content (AvgIpc) is 2.80. The summed E-state index contributed by atoms with van der Waals surface area (Å²) < 4.78 is 28.1. The van der Waals surface area contributed by atoms with E-state index >= 15 is 0 Å². The number of carboxylic acids is 1. The fraction of sp³-hybridized carbons (Fsp3) is 0.889. The number of carbonyl (C=O) groups is 1. The quantitative estimate of drug-likeness (QED) is 0.636. The molecule has 2 aliphatic rings. The maximum absolute atomic E-state index is 11.7. The Kier molecular flexibility index (Phi) is 2.93. The predicted molar refractivity (Wildman–Crippen MR) is 57.0 cm³/mol. The lowest BCUT2D eigenvalue weighted by Crippen LogP contribution is -2.55. The topological polar surface area (TPSA) is 95.5 Å². The van der Waals surface area contributed by atoms with Gasteiger partial charge in [0, 0.05) is 6.04 Å². The summed E-state index contributed by atoms with van der Waals surface area (Å²) in [5.74, 6) is -1.08. The first-order chi connectivity index (χ1) is 7.44. The summed E-state index contributed by atoms with van der Waals surface area (Å²) in [4.78, 5) is 11.1. The molecule has 92 valence electrons. The van der Waals surface area contributed by atoms with Gasteiger partial charge >= 0.3 is 5.97 Å². The van der Waals surface area contributed by atoms with Crippen LogP contribution in [0.5, 0.6) is 0 Å². The highest BCUT2D eigenvalue weighted by Gasteiger charge is 2.45. The van der Waals surface area contributed by atoms with Crippen molar-refractivity contribution in [3.63, 3.8) is 0 Å². The first kappa shape index (κ1) is 11.8. The van der Waals surface area contributed by atoms with Crippen LogP contribution in [-0.4, -0.2) is 31.1 Å². The Balaban J connectivity index is 2.07. The second-order valence-corrected chi connectivity index (χ2v) is 6.04. The molecule has 7 heteroatoms. The van der Waals surface area contributed by atoms with Crippen LogP contribution in [0.3, 0.4) is 0 Å². The number of aliphatic carboxylic acids is 1. The molecule has 2 fully saturated rings. The van der Waals surface area contributed by atoms with Crippen LogP contribution in [0.25, 0.3) is 0 Å². The van der Waals surface area contributed by atoms with E-state index in [1.807, 2.05) is 0 Å². The standard InChI is InChI=1S/C9H16N2O4S/c12-8(13)9(5-1-2-6-9)11-16(14,15)10-7-3-4-7/h7,10-11H,1-6H2,(H,12,13). The first-order valence-corrected chi connectivity index (χ1v) is 6.96. The van der Waals surface area contributed by atoms with Gasteiger partial charge in [0.15, 0.2) is 0 Å². The highest BCUT2D eigenvalue weighted by molar-refractivity contribution is 7.87. The lowest BCUT2D eigenvalue weighted by molar-refractivity contribution is -0.143. The summed E-state index contributed by atoms with van der Waals surface area (Å²) in [6, 6.07) is -0.00949. The van der Waals surface area contributed by atoms with Crippen LogP contribution in [0.1, 0.15) is 38.5 Å². The summed E-state index contributed by atoms with van der Waals surface area (Å²) in [5, 5.41) is 9.12. The third-order valence-electron chi connectivity index (χ3n) is 3.10. The fourth-order valence-corrected chi connectivity index (χ4v) is 3.58. The molecule has 0 amide bonds. The minimum Gasteiger partial charge on any atom is -0.480 e. The number of hydrogen-bond donors (Lipinski definition) is 3. The van der Waals surface area contributed by atoms with Crippen LogP contribution in [0.4, 0.5) is 0 Å². The molecule has 0 aromatic heterocycles. The van der Waals surface area contributed by atoms with Crippen molar-refractivity contribution in [1.82, 2.24) is 9.44 Å². The molecule has 0 radical (unpaired) electrons. The van der Waals surface area contributed by atoms with Gasteiger partial charge in [-0.3, -0.25) is 4.79 Å². The van der Waals surface area contributed by atoms with Crippen LogP contribution >= 0.6 is 0 Å². The Morgan fingerprint density at radius 3 is 2.25 bits per heavy atom. The molecule has 2 saturated carbocycles. The summed E-state index contributed by atoms with van der Waals surface area (Å²) in [7, 11) is -3.69. The van der Waals surface area contributed by atoms with E-state index < -0.39 is 21.7 Å². The van der Waals surface area contributed by atoms with Crippen molar-refractivity contribution in [3.8, 4) is 0 Å². The molecule has 16 heavy (non-hydrogen) atoms. The van der Waals surface area contributed by atoms with E-state index in [0.29, 0.717) is 12.8 Å². The van der Waals surface area contributed by atoms with E-state index in [1.54, 1.807) is 0 Å². The molecule has 0 aromatic rings. The SMILES string of the molecule is O=C(O)C1(NS(=O)(=O)NC2CC2)CCCC1. The Labute approximate surface area is 94.6 Å². The van der Waals surface area contributed by atoms with Gasteiger partial charge in [0.25, 0.3) is 10.2 Å². The van der Waals surface area contributed by atoms with Gasteiger partial charge in [-0.2, -0.15) is 17.9 Å². The van der Waals surface area contributed by atoms with Gasteiger partial charge in [-0.15, -0.1) is 0 Å². The number of nitrogens with one attached hydrogen (secondary N) is 2. The molecule has 2 rings (SSSR count). The van der Waals surface area contributed by atoms with Crippen molar-refractivity contribution in [1.29, 1.82) is 0 Å². The van der Waals surface area contributed by atoms with Crippen LogP contribution in [0.15, 0.2) is 0 Å². The Bertz CT molecular complexity index is 382. The fourth-order valence-electron chi connectivity index (χ4n) is 2.05. The molecule has 0 heterocycles. The highest BCUT2D eigenvalue weighted by Crippen LogP contribution is 2.31. The van der Waals surface area contributed by atoms with Gasteiger partial charge in [0.1, 0.15) is 5.54 Å². The molecule has 6 nitrogen and oxygen atoms in total. The van der Waals surface area contributed by atoms with Gasteiger partial charge in [-0.05, 0) is 25.7 Å². The lowest BCUT2D eigenvalue weighted by atomic mass is 10.0. The predicted octanol–water partition coefficient (Wildman–Crippen LogP) is -0.0298. The Morgan fingerprint density at radius 1 is 1.25 bits per heavy atom. The maximum atomic E-state index is 11.7. The zero-order valence-corrected chi connectivity index (χ0v) is 9.72. The number of hydrogen-bond acceptors (Lipinski definition) is 3. The Hall–Kier alpha value is -0.660. The summed E-state index contributed by atoms with van der Waals surface area (Å²) >= 11 is 0. The second kappa shape index (κ2) is 3.97. The minimum absolute atomic E-state index is 0.00949. The molecule has 0 unspecified atom stereocenters. The van der Waals surface area contributed by atoms with Gasteiger partial charge in [-0.1, -0.05) is 12.8 Å². The molecule has 0 atom stereocenters. The number of rotatable bonds is 5. The van der Waals surface area contributed by atoms with Crippen LogP contribution in [0, 0.1) is 0 Å². The average molecular weight is 248 g/mol. The highest BCUT2D eigenvalue weighted by atomic mass is 32.2. The molecular formula is C9H16N2O4S. The molecule has 0 spiro atoms. The number of carboxylic acid groups (broad SMARTS) is 1. The van der Waals surface area contributed by atoms with Crippen molar-refractivity contribution < 1.29 is 18.3 Å². The van der Waals surface area contributed by atoms with Gasteiger partial charge in [-0.25, -0.2) is 0 Å². The molecule has 3 N–H and O–H groups in total. The monoisotopic (exact) mass is 248 g/mol. The third kappa shape index (κ3) is 2.53. The molecule has 2 aliphatic carbocycles. The van der Waals surface area contributed by atoms with E-state index in [0.717, 1.165) is 25.7 Å². The summed E-state index contributed by atoms with van der Waals surface area (Å²) in [6.45, 7) is 0. The van der Waals surface area contributed by atoms with Crippen molar-refractivity contribution in [2.45, 2.75) is 50.1 Å². The van der Waals surface area contributed by atoms with Crippen molar-refractivity contribution >= 4 is 16.2 Å². The normalized spacial score (nSPS) is 24.5. The van der Waals surface area contributed by atoms with E-state index in [-0.39, 0.29) is 6.04 Å². The van der Waals surface area contributed by atoms with Gasteiger partial charge in [0.2, 0.25) is 0 Å². The smallest absolute Gasteiger partial charge is 0.324 e. The van der Waals surface area contributed by atoms with Gasteiger partial charge in [0.05, 0.1) is 0 Å². The maximum Gasteiger partial charge on any atom is 0.324 e. The van der Waals surface area contributed by atoms with E-state index in [4.69, 9.17) is 5.11 Å². The van der Waals surface area contributed by atoms with E-state index in [9.17, 15) is 13.2 Å². The molecular weight excluding hydrogens is 232 g/mol. The second-order valence-electron chi connectivity index (χ2n) is 4.59. The summed E-state index contributed by atoms with van der Waals surface area (Å²) in [5.41, 5.74) is -1.29. The van der Waals surface area contributed by atoms with Gasteiger partial charge < -0.3 is 5.11 Å². The minimum atomic E-state index is -3.69. The van der Waals surface area contributed by atoms with E-state index in [1.165, 1.54) is 0 Å². The van der Waals surface area contributed by atoms with Crippen LogP contribution in [0.2, 0.25) is 0 Å². The van der Waals surface area contributed by atoms with Crippen molar-refractivity contribution in [2.75, 3.05) is 0 Å². The lowest BCUT2D eigenvalue weighted by Gasteiger charge is -2.24. The van der Waals surface area contributed by atoms with Crippen molar-refractivity contribution in [2.24, 2.45) is 0 Å². The zero-order valence-electron chi connectivity index (χ0n) is 8.90.